The molecule has 0 unspecified atom stereocenters. The van der Waals surface area contributed by atoms with E-state index in [1.54, 1.807) is 0 Å². The number of likely N-dealkylation sites (N-methyl/N-ethyl adjacent to an activating group) is 1. The van der Waals surface area contributed by atoms with E-state index in [2.05, 4.69) is 60.8 Å². The molecule has 144 valence electrons. The lowest BCUT2D eigenvalue weighted by Crippen LogP contribution is -2.40. The van der Waals surface area contributed by atoms with E-state index in [4.69, 9.17) is 21.7 Å². The van der Waals surface area contributed by atoms with Gasteiger partial charge in [0.2, 0.25) is 6.79 Å². The predicted octanol–water partition coefficient (Wildman–Crippen LogP) is 3.24. The molecule has 1 heterocycles. The van der Waals surface area contributed by atoms with Gasteiger partial charge in [-0.3, -0.25) is 0 Å². The van der Waals surface area contributed by atoms with Crippen LogP contribution < -0.4 is 20.1 Å². The van der Waals surface area contributed by atoms with Gasteiger partial charge >= 0.3 is 0 Å². The summed E-state index contributed by atoms with van der Waals surface area (Å²) in [7, 11) is 4.17. The van der Waals surface area contributed by atoms with Crippen LogP contribution in [-0.2, 0) is 13.0 Å². The molecule has 1 aliphatic heterocycles. The first kappa shape index (κ1) is 19.5. The molecule has 1 atom stereocenters. The molecule has 0 spiro atoms. The van der Waals surface area contributed by atoms with Crippen molar-refractivity contribution < 1.29 is 9.47 Å². The van der Waals surface area contributed by atoms with Gasteiger partial charge in [0.1, 0.15) is 0 Å². The zero-order valence-electron chi connectivity index (χ0n) is 16.1. The van der Waals surface area contributed by atoms with Gasteiger partial charge in [0.15, 0.2) is 16.6 Å². The van der Waals surface area contributed by atoms with Crippen LogP contribution in [-0.4, -0.2) is 37.4 Å². The quantitative estimate of drug-likeness (QED) is 0.714. The van der Waals surface area contributed by atoms with Gasteiger partial charge in [0.25, 0.3) is 0 Å². The monoisotopic (exact) mass is 385 g/mol. The van der Waals surface area contributed by atoms with Gasteiger partial charge in [-0.25, -0.2) is 0 Å². The summed E-state index contributed by atoms with van der Waals surface area (Å²) in [6.07, 6.45) is 1.05. The van der Waals surface area contributed by atoms with Gasteiger partial charge in [-0.15, -0.1) is 0 Å². The van der Waals surface area contributed by atoms with Crippen LogP contribution in [0.15, 0.2) is 42.5 Å². The topological polar surface area (TPSA) is 45.8 Å². The molecule has 0 bridgehead atoms. The minimum atomic E-state index is 0.251. The third kappa shape index (κ3) is 5.11. The van der Waals surface area contributed by atoms with Crippen LogP contribution in [0.3, 0.4) is 0 Å². The highest BCUT2D eigenvalue weighted by Crippen LogP contribution is 2.32. The number of hydrogen-bond donors (Lipinski definition) is 2. The molecule has 0 aromatic heterocycles. The third-order valence-corrected chi connectivity index (χ3v) is 5.03. The minimum Gasteiger partial charge on any atom is -0.454 e. The summed E-state index contributed by atoms with van der Waals surface area (Å²) in [4.78, 5) is 2.20. The van der Waals surface area contributed by atoms with E-state index in [0.717, 1.165) is 30.0 Å². The van der Waals surface area contributed by atoms with Crippen molar-refractivity contribution in [2.75, 3.05) is 27.4 Å². The van der Waals surface area contributed by atoms with Crippen molar-refractivity contribution >= 4 is 17.3 Å². The molecule has 3 rings (SSSR count). The maximum Gasteiger partial charge on any atom is 0.231 e. The standard InChI is InChI=1S/C21H27N3O2S/c1-4-15-5-8-17(9-6-15)18(24(2)3)13-23-21(27)22-12-16-7-10-19-20(11-16)26-14-25-19/h5-11,18H,4,12-14H2,1-3H3,(H2,22,23,27)/t18-/m0/s1. The molecule has 2 N–H and O–H groups in total. The fourth-order valence-corrected chi connectivity index (χ4v) is 3.21. The van der Waals surface area contributed by atoms with Crippen LogP contribution in [0, 0.1) is 0 Å². The SMILES string of the molecule is CCc1ccc([C@H](CNC(=S)NCc2ccc3c(c2)OCO3)N(C)C)cc1. The molecule has 0 radical (unpaired) electrons. The Hall–Kier alpha value is -2.31. The molecule has 0 aliphatic carbocycles. The van der Waals surface area contributed by atoms with E-state index >= 15 is 0 Å². The fourth-order valence-electron chi connectivity index (χ4n) is 3.06. The molecule has 2 aromatic carbocycles. The van der Waals surface area contributed by atoms with Crippen molar-refractivity contribution in [3.8, 4) is 11.5 Å². The van der Waals surface area contributed by atoms with Gasteiger partial charge in [-0.1, -0.05) is 37.3 Å². The van der Waals surface area contributed by atoms with Crippen molar-refractivity contribution in [3.63, 3.8) is 0 Å². The fraction of sp³-hybridized carbons (Fsp3) is 0.381. The van der Waals surface area contributed by atoms with Crippen LogP contribution in [0.5, 0.6) is 11.5 Å². The van der Waals surface area contributed by atoms with Crippen molar-refractivity contribution in [2.45, 2.75) is 25.9 Å². The molecule has 5 nitrogen and oxygen atoms in total. The largest absolute Gasteiger partial charge is 0.454 e. The molecule has 0 fully saturated rings. The highest BCUT2D eigenvalue weighted by molar-refractivity contribution is 7.80. The number of ether oxygens (including phenoxy) is 2. The van der Waals surface area contributed by atoms with Gasteiger partial charge in [-0.05, 0) is 61.6 Å². The lowest BCUT2D eigenvalue weighted by atomic mass is 10.0. The molecule has 2 aromatic rings. The Balaban J connectivity index is 1.51. The number of nitrogens with zero attached hydrogens (tertiary/aromatic N) is 1. The number of aryl methyl sites for hydroxylation is 1. The van der Waals surface area contributed by atoms with Crippen LogP contribution in [0.25, 0.3) is 0 Å². The van der Waals surface area contributed by atoms with Crippen LogP contribution >= 0.6 is 12.2 Å². The molecule has 1 aliphatic rings. The lowest BCUT2D eigenvalue weighted by Gasteiger charge is -2.26. The number of hydrogen-bond acceptors (Lipinski definition) is 4. The van der Waals surface area contributed by atoms with E-state index < -0.39 is 0 Å². The number of thiocarbonyl (C=S) groups is 1. The summed E-state index contributed by atoms with van der Waals surface area (Å²) in [6.45, 7) is 3.84. The summed E-state index contributed by atoms with van der Waals surface area (Å²) in [5.74, 6) is 1.58. The molecular weight excluding hydrogens is 358 g/mol. The molecule has 27 heavy (non-hydrogen) atoms. The summed E-state index contributed by atoms with van der Waals surface area (Å²) < 4.78 is 10.8. The number of nitrogens with one attached hydrogen (secondary N) is 2. The normalized spacial score (nSPS) is 13.5. The van der Waals surface area contributed by atoms with E-state index in [1.165, 1.54) is 11.1 Å². The summed E-state index contributed by atoms with van der Waals surface area (Å²) in [5, 5.41) is 7.24. The second-order valence-corrected chi connectivity index (χ2v) is 7.23. The molecule has 0 saturated heterocycles. The number of rotatable bonds is 7. The zero-order chi connectivity index (χ0) is 19.2. The summed E-state index contributed by atoms with van der Waals surface area (Å²) >= 11 is 5.45. The highest BCUT2D eigenvalue weighted by atomic mass is 32.1. The highest BCUT2D eigenvalue weighted by Gasteiger charge is 2.15. The second-order valence-electron chi connectivity index (χ2n) is 6.83. The van der Waals surface area contributed by atoms with E-state index in [1.807, 2.05) is 18.2 Å². The van der Waals surface area contributed by atoms with Gasteiger partial charge in [0, 0.05) is 13.1 Å². The molecule has 0 amide bonds. The Morgan fingerprint density at radius 1 is 1.04 bits per heavy atom. The first-order valence-corrected chi connectivity index (χ1v) is 9.63. The van der Waals surface area contributed by atoms with Crippen LogP contribution in [0.2, 0.25) is 0 Å². The van der Waals surface area contributed by atoms with Crippen LogP contribution in [0.4, 0.5) is 0 Å². The van der Waals surface area contributed by atoms with E-state index in [-0.39, 0.29) is 12.8 Å². The first-order chi connectivity index (χ1) is 13.1. The van der Waals surface area contributed by atoms with E-state index in [9.17, 15) is 0 Å². The Morgan fingerprint density at radius 2 is 1.74 bits per heavy atom. The Bertz CT molecular complexity index is 777. The molecular formula is C21H27N3O2S. The van der Waals surface area contributed by atoms with Crippen molar-refractivity contribution in [1.29, 1.82) is 0 Å². The molecule has 0 saturated carbocycles. The number of benzene rings is 2. The second kappa shape index (κ2) is 9.06. The average Bonchev–Trinajstić information content (AvgIpc) is 3.14. The smallest absolute Gasteiger partial charge is 0.231 e. The lowest BCUT2D eigenvalue weighted by molar-refractivity contribution is 0.174. The van der Waals surface area contributed by atoms with Crippen molar-refractivity contribution in [2.24, 2.45) is 0 Å². The van der Waals surface area contributed by atoms with Gasteiger partial charge < -0.3 is 25.0 Å². The van der Waals surface area contributed by atoms with Gasteiger partial charge in [-0.2, -0.15) is 0 Å². The minimum absolute atomic E-state index is 0.251. The first-order valence-electron chi connectivity index (χ1n) is 9.22. The third-order valence-electron chi connectivity index (χ3n) is 4.74. The zero-order valence-corrected chi connectivity index (χ0v) is 16.9. The average molecular weight is 386 g/mol. The Kier molecular flexibility index (Phi) is 6.53. The maximum absolute atomic E-state index is 5.45. The number of fused-ring (bicyclic) bond motifs is 1. The van der Waals surface area contributed by atoms with Crippen molar-refractivity contribution in [3.05, 3.63) is 59.2 Å². The Morgan fingerprint density at radius 3 is 2.44 bits per heavy atom. The van der Waals surface area contributed by atoms with Crippen LogP contribution in [0.1, 0.15) is 29.7 Å². The van der Waals surface area contributed by atoms with E-state index in [0.29, 0.717) is 11.7 Å². The van der Waals surface area contributed by atoms with Gasteiger partial charge in [0.05, 0.1) is 6.04 Å². The maximum atomic E-state index is 5.45. The van der Waals surface area contributed by atoms with Crippen molar-refractivity contribution in [1.82, 2.24) is 15.5 Å². The summed E-state index contributed by atoms with van der Waals surface area (Å²) in [6, 6.07) is 15.0. The molecule has 6 heteroatoms. The summed E-state index contributed by atoms with van der Waals surface area (Å²) in [5.41, 5.74) is 3.73. The Labute approximate surface area is 166 Å². The predicted molar refractivity (Wildman–Crippen MR) is 112 cm³/mol.